The van der Waals surface area contributed by atoms with E-state index in [2.05, 4.69) is 10.6 Å². The van der Waals surface area contributed by atoms with Gasteiger partial charge in [-0.25, -0.2) is 0 Å². The van der Waals surface area contributed by atoms with Gasteiger partial charge in [-0.15, -0.1) is 0 Å². The molecule has 0 saturated heterocycles. The Bertz CT molecular complexity index is 1030. The molecule has 2 N–H and O–H groups in total. The number of nitrogens with zero attached hydrogens (tertiary/aromatic N) is 1. The molecular weight excluding hydrogens is 390 g/mol. The Morgan fingerprint density at radius 1 is 0.967 bits per heavy atom. The third kappa shape index (κ3) is 4.52. The SMILES string of the molecule is CC(=O)Nc1ccc(NC(=O)[C@@H](C)OC(=O)CN2C(=O)C(=O)c3ccccc32)cc1. The molecule has 1 heterocycles. The van der Waals surface area contributed by atoms with Gasteiger partial charge in [-0.05, 0) is 43.3 Å². The van der Waals surface area contributed by atoms with E-state index < -0.39 is 36.2 Å². The van der Waals surface area contributed by atoms with E-state index in [0.29, 0.717) is 17.1 Å². The van der Waals surface area contributed by atoms with E-state index in [1.807, 2.05) is 0 Å². The number of para-hydroxylation sites is 1. The lowest BCUT2D eigenvalue weighted by molar-refractivity contribution is -0.152. The number of benzene rings is 2. The van der Waals surface area contributed by atoms with E-state index in [9.17, 15) is 24.0 Å². The Hall–Kier alpha value is -4.01. The van der Waals surface area contributed by atoms with Crippen LogP contribution in [0, 0.1) is 0 Å². The molecule has 30 heavy (non-hydrogen) atoms. The summed E-state index contributed by atoms with van der Waals surface area (Å²) < 4.78 is 5.11. The second-order valence-electron chi connectivity index (χ2n) is 6.62. The first-order chi connectivity index (χ1) is 14.3. The zero-order chi connectivity index (χ0) is 21.8. The number of carbonyl (C=O) groups is 5. The average molecular weight is 409 g/mol. The number of hydrogen-bond donors (Lipinski definition) is 2. The molecule has 2 aromatic rings. The lowest BCUT2D eigenvalue weighted by Crippen LogP contribution is -2.38. The molecule has 1 aliphatic heterocycles. The fourth-order valence-electron chi connectivity index (χ4n) is 2.91. The van der Waals surface area contributed by atoms with Crippen molar-refractivity contribution in [2.75, 3.05) is 22.1 Å². The number of rotatable bonds is 6. The number of hydrogen-bond acceptors (Lipinski definition) is 6. The summed E-state index contributed by atoms with van der Waals surface area (Å²) in [7, 11) is 0. The summed E-state index contributed by atoms with van der Waals surface area (Å²) in [4.78, 5) is 60.6. The van der Waals surface area contributed by atoms with Gasteiger partial charge in [0.05, 0.1) is 11.3 Å². The Morgan fingerprint density at radius 3 is 2.20 bits per heavy atom. The predicted octanol–water partition coefficient (Wildman–Crippen LogP) is 1.74. The summed E-state index contributed by atoms with van der Waals surface area (Å²) >= 11 is 0. The van der Waals surface area contributed by atoms with Crippen LogP contribution >= 0.6 is 0 Å². The van der Waals surface area contributed by atoms with Crippen molar-refractivity contribution in [2.24, 2.45) is 0 Å². The average Bonchev–Trinajstić information content (AvgIpc) is 2.94. The highest BCUT2D eigenvalue weighted by Crippen LogP contribution is 2.28. The molecule has 1 atom stereocenters. The standard InChI is InChI=1S/C21H19N3O6/c1-12(20(28)23-15-9-7-14(8-10-15)22-13(2)25)30-18(26)11-24-17-6-4-3-5-16(17)19(27)21(24)29/h3-10,12H,11H2,1-2H3,(H,22,25)(H,23,28)/t12-/m1/s1. The molecule has 0 aliphatic carbocycles. The number of anilines is 3. The molecule has 0 fully saturated rings. The highest BCUT2D eigenvalue weighted by molar-refractivity contribution is 6.52. The number of ether oxygens (including phenoxy) is 1. The minimum Gasteiger partial charge on any atom is -0.451 e. The molecular formula is C21H19N3O6. The number of ketones is 1. The van der Waals surface area contributed by atoms with Gasteiger partial charge in [-0.1, -0.05) is 12.1 Å². The highest BCUT2D eigenvalue weighted by Gasteiger charge is 2.37. The van der Waals surface area contributed by atoms with Gasteiger partial charge in [0.15, 0.2) is 6.10 Å². The molecule has 0 spiro atoms. The number of esters is 1. The third-order valence-electron chi connectivity index (χ3n) is 4.32. The predicted molar refractivity (Wildman–Crippen MR) is 108 cm³/mol. The largest absolute Gasteiger partial charge is 0.451 e. The minimum absolute atomic E-state index is 0.215. The van der Waals surface area contributed by atoms with Crippen LogP contribution in [0.4, 0.5) is 17.1 Å². The number of carbonyl (C=O) groups excluding carboxylic acids is 5. The maximum atomic E-state index is 12.3. The van der Waals surface area contributed by atoms with Gasteiger partial charge in [-0.3, -0.25) is 28.9 Å². The van der Waals surface area contributed by atoms with E-state index in [1.54, 1.807) is 42.5 Å². The minimum atomic E-state index is -1.13. The molecule has 2 aromatic carbocycles. The molecule has 0 saturated carbocycles. The van der Waals surface area contributed by atoms with Crippen LogP contribution < -0.4 is 15.5 Å². The normalized spacial score (nSPS) is 13.5. The third-order valence-corrected chi connectivity index (χ3v) is 4.32. The van der Waals surface area contributed by atoms with E-state index in [-0.39, 0.29) is 11.5 Å². The first kappa shape index (κ1) is 20.7. The second-order valence-corrected chi connectivity index (χ2v) is 6.62. The van der Waals surface area contributed by atoms with Crippen LogP contribution in [0.5, 0.6) is 0 Å². The van der Waals surface area contributed by atoms with Crippen molar-refractivity contribution in [1.82, 2.24) is 0 Å². The van der Waals surface area contributed by atoms with E-state index in [1.165, 1.54) is 19.9 Å². The van der Waals surface area contributed by atoms with Crippen LogP contribution in [0.3, 0.4) is 0 Å². The van der Waals surface area contributed by atoms with Crippen LogP contribution in [0.2, 0.25) is 0 Å². The van der Waals surface area contributed by atoms with Crippen LogP contribution in [-0.2, 0) is 23.9 Å². The Kier molecular flexibility index (Phi) is 5.91. The van der Waals surface area contributed by atoms with Crippen molar-refractivity contribution < 1.29 is 28.7 Å². The number of nitrogens with one attached hydrogen (secondary N) is 2. The Balaban J connectivity index is 1.56. The van der Waals surface area contributed by atoms with Gasteiger partial charge in [0.2, 0.25) is 5.91 Å². The van der Waals surface area contributed by atoms with E-state index in [0.717, 1.165) is 4.90 Å². The van der Waals surface area contributed by atoms with Crippen molar-refractivity contribution in [3.05, 3.63) is 54.1 Å². The zero-order valence-electron chi connectivity index (χ0n) is 16.3. The summed E-state index contributed by atoms with van der Waals surface area (Å²) in [6, 6.07) is 12.7. The van der Waals surface area contributed by atoms with Crippen LogP contribution in [0.1, 0.15) is 24.2 Å². The van der Waals surface area contributed by atoms with Gasteiger partial charge in [0.25, 0.3) is 17.6 Å². The van der Waals surface area contributed by atoms with Crippen molar-refractivity contribution in [2.45, 2.75) is 20.0 Å². The van der Waals surface area contributed by atoms with Crippen molar-refractivity contribution in [3.63, 3.8) is 0 Å². The molecule has 1 aliphatic rings. The van der Waals surface area contributed by atoms with Crippen LogP contribution in [-0.4, -0.2) is 42.1 Å². The van der Waals surface area contributed by atoms with Gasteiger partial charge in [0, 0.05) is 18.3 Å². The van der Waals surface area contributed by atoms with E-state index in [4.69, 9.17) is 4.74 Å². The summed E-state index contributed by atoms with van der Waals surface area (Å²) in [6.07, 6.45) is -1.13. The summed E-state index contributed by atoms with van der Waals surface area (Å²) in [6.45, 7) is 2.30. The topological polar surface area (TPSA) is 122 Å². The Labute approximate surface area is 172 Å². The quantitative estimate of drug-likeness (QED) is 0.554. The lowest BCUT2D eigenvalue weighted by atomic mass is 10.1. The maximum absolute atomic E-state index is 12.3. The first-order valence-corrected chi connectivity index (χ1v) is 9.09. The van der Waals surface area contributed by atoms with E-state index >= 15 is 0 Å². The fraction of sp³-hybridized carbons (Fsp3) is 0.190. The Morgan fingerprint density at radius 2 is 1.57 bits per heavy atom. The van der Waals surface area contributed by atoms with Crippen molar-refractivity contribution in [1.29, 1.82) is 0 Å². The van der Waals surface area contributed by atoms with Crippen LogP contribution in [0.15, 0.2) is 48.5 Å². The number of fused-ring (bicyclic) bond motifs is 1. The molecule has 9 nitrogen and oxygen atoms in total. The molecule has 154 valence electrons. The van der Waals surface area contributed by atoms with Gasteiger partial charge >= 0.3 is 5.97 Å². The molecule has 3 rings (SSSR count). The van der Waals surface area contributed by atoms with Crippen molar-refractivity contribution in [3.8, 4) is 0 Å². The highest BCUT2D eigenvalue weighted by atomic mass is 16.5. The van der Waals surface area contributed by atoms with Crippen LogP contribution in [0.25, 0.3) is 0 Å². The van der Waals surface area contributed by atoms with Gasteiger partial charge in [0.1, 0.15) is 6.54 Å². The molecule has 0 unspecified atom stereocenters. The number of amides is 3. The first-order valence-electron chi connectivity index (χ1n) is 9.09. The molecule has 0 bridgehead atoms. The second kappa shape index (κ2) is 8.56. The molecule has 0 aromatic heterocycles. The van der Waals surface area contributed by atoms with Gasteiger partial charge < -0.3 is 15.4 Å². The molecule has 0 radical (unpaired) electrons. The monoisotopic (exact) mass is 409 g/mol. The van der Waals surface area contributed by atoms with Crippen molar-refractivity contribution >= 4 is 46.5 Å². The van der Waals surface area contributed by atoms with Gasteiger partial charge in [-0.2, -0.15) is 0 Å². The smallest absolute Gasteiger partial charge is 0.326 e. The number of Topliss-reactive ketones (excluding diaryl/α,β-unsaturated/α-hetero) is 1. The summed E-state index contributed by atoms with van der Waals surface area (Å²) in [5.74, 6) is -3.11. The molecule has 3 amide bonds. The maximum Gasteiger partial charge on any atom is 0.326 e. The fourth-order valence-corrected chi connectivity index (χ4v) is 2.91. The molecule has 9 heteroatoms. The summed E-state index contributed by atoms with van der Waals surface area (Å²) in [5, 5.41) is 5.19. The summed E-state index contributed by atoms with van der Waals surface area (Å²) in [5.41, 5.74) is 1.58. The zero-order valence-corrected chi connectivity index (χ0v) is 16.3. The lowest BCUT2D eigenvalue weighted by Gasteiger charge is -2.18.